The molecule has 4 N–H and O–H groups in total. The van der Waals surface area contributed by atoms with Gasteiger partial charge >= 0.3 is 0 Å². The van der Waals surface area contributed by atoms with Crippen molar-refractivity contribution < 1.29 is 9.59 Å². The fourth-order valence-corrected chi connectivity index (χ4v) is 3.06. The molecule has 1 aromatic rings. The van der Waals surface area contributed by atoms with Crippen molar-refractivity contribution in [2.24, 2.45) is 17.6 Å². The summed E-state index contributed by atoms with van der Waals surface area (Å²) in [4.78, 5) is 24.5. The van der Waals surface area contributed by atoms with E-state index < -0.39 is 5.54 Å². The lowest BCUT2D eigenvalue weighted by Crippen LogP contribution is -2.55. The predicted octanol–water partition coefficient (Wildman–Crippen LogP) is 2.60. The van der Waals surface area contributed by atoms with Crippen molar-refractivity contribution in [3.05, 3.63) is 35.4 Å². The SMILES string of the molecule is CC(C)C(C)(CN)NC(=O)c1ccc(CNC(=O)C2CCCC2)cc1. The number of amides is 2. The standard InChI is InChI=1S/C20H31N3O2/c1-14(2)20(3,13-21)23-19(25)17-10-8-15(9-11-17)12-22-18(24)16-6-4-5-7-16/h8-11,14,16H,4-7,12-13,21H2,1-3H3,(H,22,24)(H,23,25). The van der Waals surface area contributed by atoms with Crippen LogP contribution in [0.2, 0.25) is 0 Å². The van der Waals surface area contributed by atoms with Crippen LogP contribution in [0.3, 0.4) is 0 Å². The zero-order valence-electron chi connectivity index (χ0n) is 15.6. The van der Waals surface area contributed by atoms with Crippen LogP contribution in [-0.2, 0) is 11.3 Å². The van der Waals surface area contributed by atoms with E-state index in [0.717, 1.165) is 31.2 Å². The second-order valence-corrected chi connectivity index (χ2v) is 7.63. The monoisotopic (exact) mass is 345 g/mol. The lowest BCUT2D eigenvalue weighted by atomic mass is 9.88. The third-order valence-electron chi connectivity index (χ3n) is 5.51. The maximum atomic E-state index is 12.4. The van der Waals surface area contributed by atoms with Gasteiger partial charge in [0.1, 0.15) is 0 Å². The highest BCUT2D eigenvalue weighted by molar-refractivity contribution is 5.94. The zero-order chi connectivity index (χ0) is 18.4. The predicted molar refractivity (Wildman–Crippen MR) is 100 cm³/mol. The van der Waals surface area contributed by atoms with Crippen LogP contribution in [0.25, 0.3) is 0 Å². The van der Waals surface area contributed by atoms with Gasteiger partial charge in [-0.3, -0.25) is 9.59 Å². The summed E-state index contributed by atoms with van der Waals surface area (Å²) in [5.41, 5.74) is 6.99. The van der Waals surface area contributed by atoms with E-state index in [1.165, 1.54) is 0 Å². The molecule has 25 heavy (non-hydrogen) atoms. The minimum atomic E-state index is -0.426. The van der Waals surface area contributed by atoms with Crippen LogP contribution in [0.4, 0.5) is 0 Å². The van der Waals surface area contributed by atoms with Crippen LogP contribution in [0.15, 0.2) is 24.3 Å². The molecule has 1 aliphatic carbocycles. The van der Waals surface area contributed by atoms with E-state index in [2.05, 4.69) is 10.6 Å². The van der Waals surface area contributed by atoms with Crippen molar-refractivity contribution in [3.8, 4) is 0 Å². The van der Waals surface area contributed by atoms with Crippen molar-refractivity contribution in [3.63, 3.8) is 0 Å². The lowest BCUT2D eigenvalue weighted by Gasteiger charge is -2.33. The van der Waals surface area contributed by atoms with E-state index in [0.29, 0.717) is 18.7 Å². The van der Waals surface area contributed by atoms with Crippen molar-refractivity contribution in [2.75, 3.05) is 6.54 Å². The van der Waals surface area contributed by atoms with Gasteiger partial charge in [0.25, 0.3) is 5.91 Å². The highest BCUT2D eigenvalue weighted by Gasteiger charge is 2.28. The molecule has 0 saturated heterocycles. The van der Waals surface area contributed by atoms with Gasteiger partial charge in [0, 0.05) is 24.6 Å². The number of benzene rings is 1. The van der Waals surface area contributed by atoms with E-state index >= 15 is 0 Å². The maximum absolute atomic E-state index is 12.4. The average molecular weight is 345 g/mol. The van der Waals surface area contributed by atoms with E-state index in [-0.39, 0.29) is 23.7 Å². The van der Waals surface area contributed by atoms with Crippen LogP contribution >= 0.6 is 0 Å². The van der Waals surface area contributed by atoms with Gasteiger partial charge in [-0.15, -0.1) is 0 Å². The third-order valence-corrected chi connectivity index (χ3v) is 5.51. The molecule has 0 radical (unpaired) electrons. The number of hydrogen-bond acceptors (Lipinski definition) is 3. The molecule has 0 spiro atoms. The normalized spacial score (nSPS) is 17.3. The van der Waals surface area contributed by atoms with E-state index in [4.69, 9.17) is 5.73 Å². The molecule has 1 atom stereocenters. The first kappa shape index (κ1) is 19.4. The summed E-state index contributed by atoms with van der Waals surface area (Å²) in [5, 5.41) is 6.03. The first-order chi connectivity index (χ1) is 11.9. The Morgan fingerprint density at radius 2 is 1.80 bits per heavy atom. The van der Waals surface area contributed by atoms with Crippen molar-refractivity contribution in [1.29, 1.82) is 0 Å². The molecule has 0 aliphatic heterocycles. The molecule has 5 heteroatoms. The number of carbonyl (C=O) groups excluding carboxylic acids is 2. The Balaban J connectivity index is 1.90. The minimum Gasteiger partial charge on any atom is -0.352 e. The fraction of sp³-hybridized carbons (Fsp3) is 0.600. The molecule has 1 aliphatic rings. The summed E-state index contributed by atoms with van der Waals surface area (Å²) < 4.78 is 0. The van der Waals surface area contributed by atoms with Gasteiger partial charge in [0.2, 0.25) is 5.91 Å². The molecule has 2 amide bonds. The van der Waals surface area contributed by atoms with Crippen LogP contribution in [0.1, 0.15) is 62.4 Å². The van der Waals surface area contributed by atoms with E-state index in [1.807, 2.05) is 32.9 Å². The summed E-state index contributed by atoms with van der Waals surface area (Å²) in [6.07, 6.45) is 4.31. The van der Waals surface area contributed by atoms with Gasteiger partial charge in [0.05, 0.1) is 5.54 Å². The van der Waals surface area contributed by atoms with Gasteiger partial charge in [-0.1, -0.05) is 38.8 Å². The molecule has 0 aromatic heterocycles. The maximum Gasteiger partial charge on any atom is 0.251 e. The highest BCUT2D eigenvalue weighted by atomic mass is 16.2. The van der Waals surface area contributed by atoms with Crippen LogP contribution in [0, 0.1) is 11.8 Å². The average Bonchev–Trinajstić information content (AvgIpc) is 3.14. The molecule has 1 unspecified atom stereocenters. The Labute approximate surface area is 150 Å². The second kappa shape index (κ2) is 8.48. The summed E-state index contributed by atoms with van der Waals surface area (Å²) >= 11 is 0. The molecule has 2 rings (SSSR count). The smallest absolute Gasteiger partial charge is 0.251 e. The van der Waals surface area contributed by atoms with Crippen molar-refractivity contribution in [1.82, 2.24) is 10.6 Å². The van der Waals surface area contributed by atoms with Gasteiger partial charge in [-0.05, 0) is 43.4 Å². The fourth-order valence-electron chi connectivity index (χ4n) is 3.06. The van der Waals surface area contributed by atoms with Crippen molar-refractivity contribution >= 4 is 11.8 Å². The van der Waals surface area contributed by atoms with Crippen LogP contribution in [-0.4, -0.2) is 23.9 Å². The molecule has 0 heterocycles. The molecule has 5 nitrogen and oxygen atoms in total. The van der Waals surface area contributed by atoms with Crippen LogP contribution < -0.4 is 16.4 Å². The number of carbonyl (C=O) groups is 2. The van der Waals surface area contributed by atoms with Crippen molar-refractivity contribution in [2.45, 2.75) is 58.5 Å². The third kappa shape index (κ3) is 5.05. The Hall–Kier alpha value is -1.88. The molecule has 0 bridgehead atoms. The molecule has 1 saturated carbocycles. The second-order valence-electron chi connectivity index (χ2n) is 7.63. The Bertz CT molecular complexity index is 591. The zero-order valence-corrected chi connectivity index (χ0v) is 15.6. The summed E-state index contributed by atoms with van der Waals surface area (Å²) in [7, 11) is 0. The molecule has 138 valence electrons. The number of hydrogen-bond donors (Lipinski definition) is 3. The molecular weight excluding hydrogens is 314 g/mol. The lowest BCUT2D eigenvalue weighted by molar-refractivity contribution is -0.124. The summed E-state index contributed by atoms with van der Waals surface area (Å²) in [6, 6.07) is 7.37. The van der Waals surface area contributed by atoms with E-state index in [9.17, 15) is 9.59 Å². The molecular formula is C20H31N3O2. The number of nitrogens with two attached hydrogens (primary N) is 1. The molecule has 1 aromatic carbocycles. The minimum absolute atomic E-state index is 0.122. The van der Waals surface area contributed by atoms with Gasteiger partial charge in [0.15, 0.2) is 0 Å². The number of rotatable bonds is 7. The summed E-state index contributed by atoms with van der Waals surface area (Å²) in [6.45, 7) is 6.94. The van der Waals surface area contributed by atoms with Gasteiger partial charge in [-0.2, -0.15) is 0 Å². The largest absolute Gasteiger partial charge is 0.352 e. The molecule has 1 fully saturated rings. The summed E-state index contributed by atoms with van der Waals surface area (Å²) in [5.74, 6) is 0.444. The quantitative estimate of drug-likeness (QED) is 0.710. The Morgan fingerprint density at radius 3 is 2.32 bits per heavy atom. The van der Waals surface area contributed by atoms with E-state index in [1.54, 1.807) is 12.1 Å². The Kier molecular flexibility index (Phi) is 6.59. The topological polar surface area (TPSA) is 84.2 Å². The Morgan fingerprint density at radius 1 is 1.20 bits per heavy atom. The van der Waals surface area contributed by atoms with Crippen LogP contribution in [0.5, 0.6) is 0 Å². The highest BCUT2D eigenvalue weighted by Crippen LogP contribution is 2.24. The van der Waals surface area contributed by atoms with Gasteiger partial charge in [-0.25, -0.2) is 0 Å². The number of nitrogens with one attached hydrogen (secondary N) is 2. The van der Waals surface area contributed by atoms with Gasteiger partial charge < -0.3 is 16.4 Å². The first-order valence-electron chi connectivity index (χ1n) is 9.25. The first-order valence-corrected chi connectivity index (χ1v) is 9.25.